The van der Waals surface area contributed by atoms with Crippen LogP contribution in [-0.4, -0.2) is 16.3 Å². The van der Waals surface area contributed by atoms with E-state index in [0.29, 0.717) is 6.54 Å². The summed E-state index contributed by atoms with van der Waals surface area (Å²) in [4.78, 5) is 0. The zero-order valence-electron chi connectivity index (χ0n) is 6.75. The number of anilines is 1. The van der Waals surface area contributed by atoms with Crippen molar-refractivity contribution in [3.63, 3.8) is 0 Å². The van der Waals surface area contributed by atoms with Gasteiger partial charge in [0.05, 0.1) is 6.20 Å². The van der Waals surface area contributed by atoms with Crippen molar-refractivity contribution in [2.75, 3.05) is 12.3 Å². The van der Waals surface area contributed by atoms with E-state index >= 15 is 0 Å². The van der Waals surface area contributed by atoms with Gasteiger partial charge < -0.3 is 11.5 Å². The molecule has 4 heteroatoms. The van der Waals surface area contributed by atoms with Crippen LogP contribution in [0.3, 0.4) is 0 Å². The average molecular weight is 154 g/mol. The second kappa shape index (κ2) is 3.39. The quantitative estimate of drug-likeness (QED) is 0.643. The van der Waals surface area contributed by atoms with Crippen LogP contribution in [0.1, 0.15) is 12.5 Å². The first-order valence-electron chi connectivity index (χ1n) is 3.79. The average Bonchev–Trinajstić information content (AvgIpc) is 2.34. The van der Waals surface area contributed by atoms with E-state index < -0.39 is 0 Å². The van der Waals surface area contributed by atoms with Crippen molar-refractivity contribution in [3.8, 4) is 0 Å². The Morgan fingerprint density at radius 3 is 2.82 bits per heavy atom. The van der Waals surface area contributed by atoms with Crippen molar-refractivity contribution < 1.29 is 0 Å². The smallest absolute Gasteiger partial charge is 0.124 e. The molecule has 0 aliphatic carbocycles. The number of hydrogen-bond donors (Lipinski definition) is 2. The summed E-state index contributed by atoms with van der Waals surface area (Å²) in [7, 11) is 0. The summed E-state index contributed by atoms with van der Waals surface area (Å²) in [6.45, 7) is 3.45. The molecule has 1 rings (SSSR count). The number of rotatable bonds is 3. The van der Waals surface area contributed by atoms with Gasteiger partial charge in [-0.25, -0.2) is 0 Å². The molecule has 11 heavy (non-hydrogen) atoms. The monoisotopic (exact) mass is 154 g/mol. The number of nitrogens with two attached hydrogens (primary N) is 2. The van der Waals surface area contributed by atoms with Crippen molar-refractivity contribution >= 4 is 5.82 Å². The van der Waals surface area contributed by atoms with E-state index in [-0.39, 0.29) is 0 Å². The Kier molecular flexibility index (Phi) is 2.48. The number of hydrogen-bond acceptors (Lipinski definition) is 3. The molecular weight excluding hydrogens is 140 g/mol. The Balaban J connectivity index is 2.82. The lowest BCUT2D eigenvalue weighted by Gasteiger charge is -1.99. The number of nitrogens with zero attached hydrogens (tertiary/aromatic N) is 2. The van der Waals surface area contributed by atoms with Crippen LogP contribution in [0.5, 0.6) is 0 Å². The van der Waals surface area contributed by atoms with Gasteiger partial charge in [-0.1, -0.05) is 0 Å². The summed E-state index contributed by atoms with van der Waals surface area (Å²) in [5.41, 5.74) is 12.2. The fraction of sp³-hybridized carbons (Fsp3) is 0.571. The minimum Gasteiger partial charge on any atom is -0.384 e. The number of aromatic nitrogens is 2. The molecule has 1 aromatic heterocycles. The molecule has 4 nitrogen and oxygen atoms in total. The highest BCUT2D eigenvalue weighted by atomic mass is 15.3. The zero-order chi connectivity index (χ0) is 8.27. The Morgan fingerprint density at radius 2 is 2.36 bits per heavy atom. The van der Waals surface area contributed by atoms with Crippen LogP contribution in [0.2, 0.25) is 0 Å². The molecule has 0 aliphatic heterocycles. The van der Waals surface area contributed by atoms with Gasteiger partial charge in [-0.2, -0.15) is 5.10 Å². The fourth-order valence-electron chi connectivity index (χ4n) is 1.03. The molecule has 0 atom stereocenters. The normalized spacial score (nSPS) is 10.4. The largest absolute Gasteiger partial charge is 0.384 e. The van der Waals surface area contributed by atoms with Crippen LogP contribution in [0, 0.1) is 0 Å². The summed E-state index contributed by atoms with van der Waals surface area (Å²) < 4.78 is 1.77. The molecule has 0 spiro atoms. The SMILES string of the molecule is CCn1ncc(CCN)c1N. The summed E-state index contributed by atoms with van der Waals surface area (Å²) in [6, 6.07) is 0. The second-order valence-corrected chi connectivity index (χ2v) is 2.41. The maximum atomic E-state index is 5.74. The first-order chi connectivity index (χ1) is 5.29. The van der Waals surface area contributed by atoms with E-state index in [9.17, 15) is 0 Å². The Hall–Kier alpha value is -1.03. The minimum absolute atomic E-state index is 0.625. The Morgan fingerprint density at radius 1 is 1.64 bits per heavy atom. The van der Waals surface area contributed by atoms with Gasteiger partial charge in [0.1, 0.15) is 5.82 Å². The van der Waals surface area contributed by atoms with Crippen LogP contribution in [-0.2, 0) is 13.0 Å². The lowest BCUT2D eigenvalue weighted by atomic mass is 10.2. The molecular formula is C7H14N4. The highest BCUT2D eigenvalue weighted by Crippen LogP contribution is 2.10. The van der Waals surface area contributed by atoms with Gasteiger partial charge in [0.25, 0.3) is 0 Å². The molecule has 1 heterocycles. The summed E-state index contributed by atoms with van der Waals surface area (Å²) in [5.74, 6) is 0.748. The van der Waals surface area contributed by atoms with Crippen molar-refractivity contribution in [2.24, 2.45) is 5.73 Å². The Labute approximate surface area is 66.2 Å². The summed E-state index contributed by atoms with van der Waals surface area (Å²) >= 11 is 0. The zero-order valence-corrected chi connectivity index (χ0v) is 6.75. The first kappa shape index (κ1) is 8.07. The standard InChI is InChI=1S/C7H14N4/c1-2-11-7(9)6(3-4-8)5-10-11/h5H,2-4,8-9H2,1H3. The third-order valence-corrected chi connectivity index (χ3v) is 1.67. The molecule has 0 aliphatic rings. The van der Waals surface area contributed by atoms with Gasteiger partial charge >= 0.3 is 0 Å². The van der Waals surface area contributed by atoms with Gasteiger partial charge in [0, 0.05) is 12.1 Å². The maximum Gasteiger partial charge on any atom is 0.124 e. The van der Waals surface area contributed by atoms with E-state index in [2.05, 4.69) is 5.10 Å². The molecule has 4 N–H and O–H groups in total. The lowest BCUT2D eigenvalue weighted by molar-refractivity contribution is 0.669. The third-order valence-electron chi connectivity index (χ3n) is 1.67. The molecule has 0 radical (unpaired) electrons. The van der Waals surface area contributed by atoms with Gasteiger partial charge in [0.2, 0.25) is 0 Å². The molecule has 0 saturated carbocycles. The van der Waals surface area contributed by atoms with E-state index in [0.717, 1.165) is 24.3 Å². The summed E-state index contributed by atoms with van der Waals surface area (Å²) in [5, 5.41) is 4.09. The van der Waals surface area contributed by atoms with Gasteiger partial charge in [-0.3, -0.25) is 4.68 Å². The van der Waals surface area contributed by atoms with Crippen molar-refractivity contribution in [1.82, 2.24) is 9.78 Å². The topological polar surface area (TPSA) is 69.9 Å². The van der Waals surface area contributed by atoms with E-state index in [1.807, 2.05) is 6.92 Å². The minimum atomic E-state index is 0.625. The number of nitrogen functional groups attached to an aromatic ring is 1. The van der Waals surface area contributed by atoms with Crippen LogP contribution >= 0.6 is 0 Å². The molecule has 0 bridgehead atoms. The lowest BCUT2D eigenvalue weighted by Crippen LogP contribution is -2.06. The summed E-state index contributed by atoms with van der Waals surface area (Å²) in [6.07, 6.45) is 2.59. The van der Waals surface area contributed by atoms with Crippen molar-refractivity contribution in [1.29, 1.82) is 0 Å². The predicted molar refractivity (Wildman–Crippen MR) is 45.1 cm³/mol. The van der Waals surface area contributed by atoms with Crippen LogP contribution in [0.4, 0.5) is 5.82 Å². The Bertz CT molecular complexity index is 228. The third kappa shape index (κ3) is 1.51. The number of aryl methyl sites for hydroxylation is 1. The van der Waals surface area contributed by atoms with Crippen molar-refractivity contribution in [2.45, 2.75) is 19.9 Å². The molecule has 0 amide bonds. The highest BCUT2D eigenvalue weighted by Gasteiger charge is 2.03. The van der Waals surface area contributed by atoms with E-state index in [1.165, 1.54) is 0 Å². The van der Waals surface area contributed by atoms with Crippen LogP contribution in [0.25, 0.3) is 0 Å². The van der Waals surface area contributed by atoms with Crippen molar-refractivity contribution in [3.05, 3.63) is 11.8 Å². The molecule has 0 unspecified atom stereocenters. The second-order valence-electron chi connectivity index (χ2n) is 2.41. The van der Waals surface area contributed by atoms with Gasteiger partial charge in [0.15, 0.2) is 0 Å². The van der Waals surface area contributed by atoms with E-state index in [1.54, 1.807) is 10.9 Å². The molecule has 0 saturated heterocycles. The fourth-order valence-corrected chi connectivity index (χ4v) is 1.03. The van der Waals surface area contributed by atoms with E-state index in [4.69, 9.17) is 11.5 Å². The maximum absolute atomic E-state index is 5.74. The predicted octanol–water partition coefficient (Wildman–Crippen LogP) is -0.0136. The molecule has 1 aromatic rings. The molecule has 0 fully saturated rings. The van der Waals surface area contributed by atoms with Gasteiger partial charge in [-0.05, 0) is 19.9 Å². The molecule has 62 valence electrons. The van der Waals surface area contributed by atoms with Crippen LogP contribution in [0.15, 0.2) is 6.20 Å². The van der Waals surface area contributed by atoms with Crippen LogP contribution < -0.4 is 11.5 Å². The highest BCUT2D eigenvalue weighted by molar-refractivity contribution is 5.38. The first-order valence-corrected chi connectivity index (χ1v) is 3.79. The van der Waals surface area contributed by atoms with Gasteiger partial charge in [-0.15, -0.1) is 0 Å². The molecule has 0 aromatic carbocycles.